The highest BCUT2D eigenvalue weighted by Gasteiger charge is 2.37. The molecule has 0 spiro atoms. The van der Waals surface area contributed by atoms with Gasteiger partial charge in [0, 0.05) is 22.7 Å². The number of rotatable bonds is 2. The summed E-state index contributed by atoms with van der Waals surface area (Å²) in [4.78, 5) is 39.4. The van der Waals surface area contributed by atoms with Crippen molar-refractivity contribution < 1.29 is 14.4 Å². The van der Waals surface area contributed by atoms with Crippen molar-refractivity contribution in [3.8, 4) is 0 Å². The number of urea groups is 1. The van der Waals surface area contributed by atoms with Crippen molar-refractivity contribution in [2.75, 3.05) is 0 Å². The lowest BCUT2D eigenvalue weighted by molar-refractivity contribution is -0.132. The topological polar surface area (TPSA) is 91.1 Å². The van der Waals surface area contributed by atoms with Gasteiger partial charge in [0.2, 0.25) is 11.8 Å². The molecule has 2 aromatic carbocycles. The summed E-state index contributed by atoms with van der Waals surface area (Å²) in [6.07, 6.45) is 8.82. The Labute approximate surface area is 166 Å². The van der Waals surface area contributed by atoms with E-state index in [1.807, 2.05) is 48.7 Å². The Hall–Kier alpha value is -3.93. The Morgan fingerprint density at radius 2 is 1.72 bits per heavy atom. The first-order chi connectivity index (χ1) is 14.1. The van der Waals surface area contributed by atoms with Crippen molar-refractivity contribution in [2.45, 2.75) is 12.3 Å². The van der Waals surface area contributed by atoms with Gasteiger partial charge in [0.1, 0.15) is 5.92 Å². The minimum absolute atomic E-state index is 0.589. The number of nitrogens with one attached hydrogen (secondary N) is 3. The fourth-order valence-corrected chi connectivity index (χ4v) is 4.05. The third-order valence-corrected chi connectivity index (χ3v) is 5.37. The van der Waals surface area contributed by atoms with Gasteiger partial charge in [0.25, 0.3) is 0 Å². The molecule has 5 rings (SSSR count). The Morgan fingerprint density at radius 3 is 2.55 bits per heavy atom. The molecule has 1 saturated heterocycles. The fourth-order valence-electron chi connectivity index (χ4n) is 4.05. The number of aromatic nitrogens is 1. The second kappa shape index (κ2) is 6.60. The van der Waals surface area contributed by atoms with Crippen LogP contribution in [0.25, 0.3) is 28.6 Å². The highest BCUT2D eigenvalue weighted by atomic mass is 16.2. The molecule has 142 valence electrons. The molecule has 0 atom stereocenters. The monoisotopic (exact) mass is 383 g/mol. The minimum atomic E-state index is -1.06. The molecule has 0 unspecified atom stereocenters. The molecule has 0 saturated carbocycles. The summed E-state index contributed by atoms with van der Waals surface area (Å²) in [5.41, 5.74) is 5.65. The molecule has 3 N–H and O–H groups in total. The predicted octanol–water partition coefficient (Wildman–Crippen LogP) is 3.58. The van der Waals surface area contributed by atoms with E-state index in [0.29, 0.717) is 5.56 Å². The van der Waals surface area contributed by atoms with Crippen LogP contribution in [0.4, 0.5) is 4.79 Å². The molecular formula is C23H17N3O3. The van der Waals surface area contributed by atoms with Gasteiger partial charge in [0.15, 0.2) is 0 Å². The van der Waals surface area contributed by atoms with Crippen molar-refractivity contribution in [2.24, 2.45) is 0 Å². The number of aromatic amines is 1. The van der Waals surface area contributed by atoms with Crippen LogP contribution in [-0.4, -0.2) is 22.8 Å². The lowest BCUT2D eigenvalue weighted by atomic mass is 9.83. The SMILES string of the molecule is O=C1NC(=O)C(c2cccc3c2C=CCC3=Cc2c[nH]c3ccccc23)C(=O)N1. The quantitative estimate of drug-likeness (QED) is 0.591. The molecule has 29 heavy (non-hydrogen) atoms. The number of fused-ring (bicyclic) bond motifs is 2. The van der Waals surface area contributed by atoms with Crippen molar-refractivity contribution >= 4 is 46.5 Å². The van der Waals surface area contributed by atoms with Gasteiger partial charge in [-0.3, -0.25) is 20.2 Å². The van der Waals surface area contributed by atoms with E-state index >= 15 is 0 Å². The van der Waals surface area contributed by atoms with Crippen LogP contribution < -0.4 is 10.6 Å². The summed E-state index contributed by atoms with van der Waals surface area (Å²) < 4.78 is 0. The van der Waals surface area contributed by atoms with Crippen LogP contribution in [0.1, 0.15) is 34.6 Å². The van der Waals surface area contributed by atoms with Crippen LogP contribution in [-0.2, 0) is 9.59 Å². The van der Waals surface area contributed by atoms with E-state index in [4.69, 9.17) is 0 Å². The first-order valence-corrected chi connectivity index (χ1v) is 9.34. The number of hydrogen-bond donors (Lipinski definition) is 3. The van der Waals surface area contributed by atoms with E-state index < -0.39 is 23.8 Å². The molecular weight excluding hydrogens is 366 g/mol. The summed E-state index contributed by atoms with van der Waals surface area (Å²) >= 11 is 0. The van der Waals surface area contributed by atoms with Crippen LogP contribution in [0.15, 0.2) is 54.7 Å². The van der Waals surface area contributed by atoms with Crippen LogP contribution in [0.5, 0.6) is 0 Å². The maximum atomic E-state index is 12.4. The zero-order chi connectivity index (χ0) is 20.0. The van der Waals surface area contributed by atoms with Crippen molar-refractivity contribution in [1.82, 2.24) is 15.6 Å². The Kier molecular flexibility index (Phi) is 3.91. The molecule has 1 aliphatic heterocycles. The molecule has 3 aromatic rings. The van der Waals surface area contributed by atoms with E-state index in [1.165, 1.54) is 0 Å². The number of para-hydroxylation sites is 1. The number of hydrogen-bond acceptors (Lipinski definition) is 3. The van der Waals surface area contributed by atoms with Crippen LogP contribution in [0.3, 0.4) is 0 Å². The molecule has 0 radical (unpaired) electrons. The molecule has 1 fully saturated rings. The van der Waals surface area contributed by atoms with Gasteiger partial charge in [-0.05, 0) is 40.8 Å². The summed E-state index contributed by atoms with van der Waals surface area (Å²) in [6.45, 7) is 0. The van der Waals surface area contributed by atoms with Crippen LogP contribution in [0.2, 0.25) is 0 Å². The molecule has 4 amide bonds. The van der Waals surface area contributed by atoms with E-state index in [2.05, 4.69) is 27.8 Å². The highest BCUT2D eigenvalue weighted by molar-refractivity contribution is 6.20. The van der Waals surface area contributed by atoms with Gasteiger partial charge in [0.05, 0.1) is 0 Å². The van der Waals surface area contributed by atoms with Gasteiger partial charge < -0.3 is 4.98 Å². The minimum Gasteiger partial charge on any atom is -0.361 e. The summed E-state index contributed by atoms with van der Waals surface area (Å²) in [5.74, 6) is -2.26. The first kappa shape index (κ1) is 17.2. The Bertz CT molecular complexity index is 1230. The third-order valence-electron chi connectivity index (χ3n) is 5.37. The molecule has 6 heteroatoms. The van der Waals surface area contributed by atoms with E-state index in [9.17, 15) is 14.4 Å². The summed E-state index contributed by atoms with van der Waals surface area (Å²) in [5, 5.41) is 5.50. The molecule has 6 nitrogen and oxygen atoms in total. The average molecular weight is 383 g/mol. The largest absolute Gasteiger partial charge is 0.361 e. The zero-order valence-corrected chi connectivity index (χ0v) is 15.4. The van der Waals surface area contributed by atoms with Crippen molar-refractivity contribution in [1.29, 1.82) is 0 Å². The number of H-pyrrole nitrogens is 1. The number of barbiturate groups is 1. The Morgan fingerprint density at radius 1 is 0.931 bits per heavy atom. The maximum absolute atomic E-state index is 12.4. The average Bonchev–Trinajstić information content (AvgIpc) is 3.11. The molecule has 1 aliphatic carbocycles. The summed E-state index contributed by atoms with van der Waals surface area (Å²) in [7, 11) is 0. The van der Waals surface area contributed by atoms with E-state index in [0.717, 1.165) is 39.6 Å². The number of allylic oxidation sites excluding steroid dienone is 2. The molecule has 2 heterocycles. The molecule has 0 bridgehead atoms. The van der Waals surface area contributed by atoms with Gasteiger partial charge in [-0.15, -0.1) is 0 Å². The normalized spacial score (nSPS) is 18.1. The second-order valence-electron chi connectivity index (χ2n) is 7.11. The third kappa shape index (κ3) is 2.86. The maximum Gasteiger partial charge on any atom is 0.328 e. The standard InChI is InChI=1S/C23H17N3O3/c27-21-20(22(28)26-23(29)25-21)18-9-4-7-15-13(5-3-8-17(15)18)11-14-12-24-19-10-2-1-6-16(14)19/h1-4,6-12,20,24H,5H2,(H2,25,26,27,28,29). The molecule has 2 aliphatic rings. The Balaban J connectivity index is 1.61. The summed E-state index contributed by atoms with van der Waals surface area (Å²) in [6, 6.07) is 12.9. The van der Waals surface area contributed by atoms with Gasteiger partial charge in [-0.25, -0.2) is 4.79 Å². The van der Waals surface area contributed by atoms with E-state index in [-0.39, 0.29) is 0 Å². The van der Waals surface area contributed by atoms with Gasteiger partial charge in [-0.1, -0.05) is 48.6 Å². The number of imide groups is 2. The highest BCUT2D eigenvalue weighted by Crippen LogP contribution is 2.36. The number of carbonyl (C=O) groups excluding carboxylic acids is 3. The predicted molar refractivity (Wildman–Crippen MR) is 111 cm³/mol. The lowest BCUT2D eigenvalue weighted by Gasteiger charge is -2.25. The second-order valence-corrected chi connectivity index (χ2v) is 7.11. The first-order valence-electron chi connectivity index (χ1n) is 9.34. The number of benzene rings is 2. The van der Waals surface area contributed by atoms with E-state index in [1.54, 1.807) is 6.07 Å². The van der Waals surface area contributed by atoms with Gasteiger partial charge in [-0.2, -0.15) is 0 Å². The lowest BCUT2D eigenvalue weighted by Crippen LogP contribution is -2.54. The van der Waals surface area contributed by atoms with Crippen molar-refractivity contribution in [3.05, 3.63) is 77.0 Å². The number of amides is 4. The van der Waals surface area contributed by atoms with Crippen LogP contribution in [0, 0.1) is 0 Å². The fraction of sp³-hybridized carbons (Fsp3) is 0.0870. The number of carbonyl (C=O) groups is 3. The smallest absolute Gasteiger partial charge is 0.328 e. The molecule has 1 aromatic heterocycles. The van der Waals surface area contributed by atoms with Gasteiger partial charge >= 0.3 is 6.03 Å². The van der Waals surface area contributed by atoms with Crippen LogP contribution >= 0.6 is 0 Å². The zero-order valence-electron chi connectivity index (χ0n) is 15.4. The van der Waals surface area contributed by atoms with Crippen molar-refractivity contribution in [3.63, 3.8) is 0 Å².